The van der Waals surface area contributed by atoms with Crippen molar-refractivity contribution >= 4 is 27.3 Å². The Labute approximate surface area is 170 Å². The number of hydrogen-bond donors (Lipinski definition) is 0. The van der Waals surface area contributed by atoms with Crippen LogP contribution in [0.3, 0.4) is 0 Å². The van der Waals surface area contributed by atoms with Gasteiger partial charge in [0.1, 0.15) is 0 Å². The molecule has 3 heterocycles. The van der Waals surface area contributed by atoms with Crippen LogP contribution in [0.1, 0.15) is 16.0 Å². The molecule has 2 aromatic rings. The monoisotopic (exact) mass is 419 g/mol. The third-order valence-corrected chi connectivity index (χ3v) is 8.43. The van der Waals surface area contributed by atoms with E-state index < -0.39 is 10.0 Å². The number of fused-ring (bicyclic) bond motifs is 1. The van der Waals surface area contributed by atoms with Gasteiger partial charge in [-0.05, 0) is 42.5 Å². The summed E-state index contributed by atoms with van der Waals surface area (Å²) in [5.41, 5.74) is 2.36. The molecule has 1 aromatic carbocycles. The molecule has 0 unspecified atom stereocenters. The van der Waals surface area contributed by atoms with E-state index >= 15 is 0 Å². The van der Waals surface area contributed by atoms with Gasteiger partial charge in [-0.2, -0.15) is 4.31 Å². The fourth-order valence-electron chi connectivity index (χ4n) is 3.77. The topological polar surface area (TPSA) is 60.9 Å². The van der Waals surface area contributed by atoms with Gasteiger partial charge in [-0.25, -0.2) is 8.42 Å². The summed E-state index contributed by atoms with van der Waals surface area (Å²) in [4.78, 5) is 18.4. The molecule has 4 rings (SSSR count). The minimum absolute atomic E-state index is 0.0889. The third-order valence-electron chi connectivity index (χ3n) is 5.50. The number of rotatable bonds is 4. The average molecular weight is 420 g/mol. The van der Waals surface area contributed by atoms with Gasteiger partial charge < -0.3 is 4.90 Å². The number of hydrogen-bond acceptors (Lipinski definition) is 5. The number of sulfonamides is 1. The van der Waals surface area contributed by atoms with Gasteiger partial charge in [0.15, 0.2) is 0 Å². The van der Waals surface area contributed by atoms with Crippen molar-refractivity contribution in [3.05, 3.63) is 51.7 Å². The van der Waals surface area contributed by atoms with E-state index in [2.05, 4.69) is 16.3 Å². The Morgan fingerprint density at radius 1 is 1.04 bits per heavy atom. The SMILES string of the molecule is Cc1ccc(S(=O)(=O)N2CCN(C(=O)CN3CCc4sccc4C3)CC2)cc1. The van der Waals surface area contributed by atoms with Crippen molar-refractivity contribution in [1.82, 2.24) is 14.1 Å². The molecule has 0 spiro atoms. The zero-order valence-electron chi connectivity index (χ0n) is 16.0. The molecular weight excluding hydrogens is 394 g/mol. The normalized spacial score (nSPS) is 18.8. The van der Waals surface area contributed by atoms with Crippen molar-refractivity contribution in [2.75, 3.05) is 39.3 Å². The molecule has 0 bridgehead atoms. The highest BCUT2D eigenvalue weighted by atomic mass is 32.2. The number of thiophene rings is 1. The molecule has 0 aliphatic carbocycles. The van der Waals surface area contributed by atoms with Crippen molar-refractivity contribution in [2.24, 2.45) is 0 Å². The number of amides is 1. The summed E-state index contributed by atoms with van der Waals surface area (Å²) in [5, 5.41) is 2.11. The van der Waals surface area contributed by atoms with Crippen molar-refractivity contribution < 1.29 is 13.2 Å². The lowest BCUT2D eigenvalue weighted by Crippen LogP contribution is -2.52. The maximum atomic E-state index is 12.8. The van der Waals surface area contributed by atoms with Crippen LogP contribution < -0.4 is 0 Å². The molecule has 6 nitrogen and oxygen atoms in total. The molecule has 8 heteroatoms. The van der Waals surface area contributed by atoms with Crippen LogP contribution in [0.5, 0.6) is 0 Å². The summed E-state index contributed by atoms with van der Waals surface area (Å²) in [6.45, 7) is 5.64. The van der Waals surface area contributed by atoms with E-state index in [1.807, 2.05) is 19.1 Å². The van der Waals surface area contributed by atoms with Gasteiger partial charge in [0, 0.05) is 44.1 Å². The van der Waals surface area contributed by atoms with Crippen LogP contribution in [0, 0.1) is 6.92 Å². The van der Waals surface area contributed by atoms with E-state index in [1.165, 1.54) is 14.7 Å². The molecule has 0 atom stereocenters. The van der Waals surface area contributed by atoms with Gasteiger partial charge >= 0.3 is 0 Å². The van der Waals surface area contributed by atoms with E-state index in [0.717, 1.165) is 25.1 Å². The fraction of sp³-hybridized carbons (Fsp3) is 0.450. The highest BCUT2D eigenvalue weighted by Crippen LogP contribution is 2.24. The maximum Gasteiger partial charge on any atom is 0.243 e. The molecule has 0 N–H and O–H groups in total. The van der Waals surface area contributed by atoms with Crippen LogP contribution >= 0.6 is 11.3 Å². The first-order valence-corrected chi connectivity index (χ1v) is 11.9. The number of piperazine rings is 1. The summed E-state index contributed by atoms with van der Waals surface area (Å²) in [5.74, 6) is 0.0889. The van der Waals surface area contributed by atoms with Crippen LogP contribution in [-0.4, -0.2) is 67.7 Å². The van der Waals surface area contributed by atoms with Crippen molar-refractivity contribution in [1.29, 1.82) is 0 Å². The number of carbonyl (C=O) groups excluding carboxylic acids is 1. The number of carbonyl (C=O) groups is 1. The maximum absolute atomic E-state index is 12.8. The van der Waals surface area contributed by atoms with E-state index in [4.69, 9.17) is 0 Å². The first-order valence-electron chi connectivity index (χ1n) is 9.56. The number of aryl methyl sites for hydroxylation is 1. The summed E-state index contributed by atoms with van der Waals surface area (Å²) < 4.78 is 27.1. The summed E-state index contributed by atoms with van der Waals surface area (Å²) >= 11 is 1.79. The lowest BCUT2D eigenvalue weighted by molar-refractivity contribution is -0.133. The Morgan fingerprint density at radius 3 is 2.46 bits per heavy atom. The van der Waals surface area contributed by atoms with E-state index in [-0.39, 0.29) is 5.91 Å². The molecule has 1 fully saturated rings. The Balaban J connectivity index is 1.32. The van der Waals surface area contributed by atoms with Gasteiger partial charge in [-0.15, -0.1) is 11.3 Å². The molecule has 2 aliphatic heterocycles. The Hall–Kier alpha value is -1.74. The second-order valence-corrected chi connectivity index (χ2v) is 10.4. The number of nitrogens with zero attached hydrogens (tertiary/aromatic N) is 3. The molecule has 1 amide bonds. The Kier molecular flexibility index (Phi) is 5.55. The van der Waals surface area contributed by atoms with Crippen molar-refractivity contribution in [3.8, 4) is 0 Å². The average Bonchev–Trinajstić information content (AvgIpc) is 3.16. The minimum Gasteiger partial charge on any atom is -0.339 e. The molecular formula is C20H25N3O3S2. The molecule has 0 saturated carbocycles. The van der Waals surface area contributed by atoms with E-state index in [1.54, 1.807) is 28.4 Å². The predicted octanol–water partition coefficient (Wildman–Crippen LogP) is 1.95. The molecule has 28 heavy (non-hydrogen) atoms. The second kappa shape index (κ2) is 7.94. The summed E-state index contributed by atoms with van der Waals surface area (Å²) in [6, 6.07) is 9.06. The largest absolute Gasteiger partial charge is 0.339 e. The first-order chi connectivity index (χ1) is 13.4. The van der Waals surface area contributed by atoms with E-state index in [0.29, 0.717) is 37.6 Å². The van der Waals surface area contributed by atoms with Gasteiger partial charge in [0.25, 0.3) is 0 Å². The summed E-state index contributed by atoms with van der Waals surface area (Å²) in [7, 11) is -3.50. The lowest BCUT2D eigenvalue weighted by atomic mass is 10.1. The molecule has 1 aromatic heterocycles. The van der Waals surface area contributed by atoms with Crippen LogP contribution in [0.4, 0.5) is 0 Å². The third kappa shape index (κ3) is 4.00. The van der Waals surface area contributed by atoms with Crippen LogP contribution in [-0.2, 0) is 27.8 Å². The Bertz CT molecular complexity index is 945. The van der Waals surface area contributed by atoms with Gasteiger partial charge in [0.05, 0.1) is 11.4 Å². The molecule has 150 valence electrons. The number of benzene rings is 1. The molecule has 1 saturated heterocycles. The van der Waals surface area contributed by atoms with Crippen LogP contribution in [0.25, 0.3) is 0 Å². The molecule has 2 aliphatic rings. The highest BCUT2D eigenvalue weighted by molar-refractivity contribution is 7.89. The highest BCUT2D eigenvalue weighted by Gasteiger charge is 2.31. The first kappa shape index (κ1) is 19.6. The second-order valence-electron chi connectivity index (χ2n) is 7.43. The van der Waals surface area contributed by atoms with Crippen molar-refractivity contribution in [2.45, 2.75) is 24.8 Å². The Morgan fingerprint density at radius 2 is 1.75 bits per heavy atom. The molecule has 0 radical (unpaired) electrons. The minimum atomic E-state index is -3.50. The lowest BCUT2D eigenvalue weighted by Gasteiger charge is -2.35. The van der Waals surface area contributed by atoms with E-state index in [9.17, 15) is 13.2 Å². The smallest absolute Gasteiger partial charge is 0.243 e. The quantitative estimate of drug-likeness (QED) is 0.760. The standard InChI is InChI=1S/C20H25N3O3S2/c1-16-2-4-18(5-3-16)28(25,26)23-11-9-22(10-12-23)20(24)15-21-8-6-19-17(14-21)7-13-27-19/h2-5,7,13H,6,8-12,14-15H2,1H3. The predicted molar refractivity (Wildman–Crippen MR) is 110 cm³/mol. The zero-order chi connectivity index (χ0) is 19.7. The van der Waals surface area contributed by atoms with Gasteiger partial charge in [0.2, 0.25) is 15.9 Å². The van der Waals surface area contributed by atoms with Crippen LogP contribution in [0.2, 0.25) is 0 Å². The van der Waals surface area contributed by atoms with Gasteiger partial charge in [-0.3, -0.25) is 9.69 Å². The van der Waals surface area contributed by atoms with Gasteiger partial charge in [-0.1, -0.05) is 17.7 Å². The van der Waals surface area contributed by atoms with Crippen molar-refractivity contribution in [3.63, 3.8) is 0 Å². The zero-order valence-corrected chi connectivity index (χ0v) is 17.6. The fourth-order valence-corrected chi connectivity index (χ4v) is 6.08. The van der Waals surface area contributed by atoms with Crippen LogP contribution in [0.15, 0.2) is 40.6 Å². The summed E-state index contributed by atoms with van der Waals surface area (Å²) in [6.07, 6.45) is 1.00.